The number of aromatic amines is 4. The lowest BCUT2D eigenvalue weighted by Gasteiger charge is -2.34. The van der Waals surface area contributed by atoms with Crippen LogP contribution < -0.4 is 0 Å². The van der Waals surface area contributed by atoms with E-state index in [0.29, 0.717) is 78.8 Å². The third-order valence-electron chi connectivity index (χ3n) is 27.4. The van der Waals surface area contributed by atoms with Gasteiger partial charge < -0.3 is 58.0 Å². The Labute approximate surface area is 801 Å². The molecule has 12 aromatic heterocycles. The number of fused-ring (bicyclic) bond motifs is 8. The molecule has 690 valence electrons. The van der Waals surface area contributed by atoms with Crippen LogP contribution in [0.15, 0.2) is 323 Å². The predicted octanol–water partition coefficient (Wildman–Crippen LogP) is 21.8. The van der Waals surface area contributed by atoms with Crippen molar-refractivity contribution in [1.29, 1.82) is 0 Å². The van der Waals surface area contributed by atoms with Crippen LogP contribution in [0.2, 0.25) is 0 Å². The molecule has 0 spiro atoms. The van der Waals surface area contributed by atoms with Crippen LogP contribution >= 0.6 is 0 Å². The number of aliphatic hydroxyl groups is 2. The van der Waals surface area contributed by atoms with Crippen LogP contribution in [0.1, 0.15) is 124 Å². The second-order valence-corrected chi connectivity index (χ2v) is 36.2. The summed E-state index contributed by atoms with van der Waals surface area (Å²) in [6.45, 7) is 16.9. The number of pyridine rings is 4. The number of H-pyrrole nitrogens is 4. The van der Waals surface area contributed by atoms with Gasteiger partial charge in [-0.3, -0.25) is 29.4 Å². The van der Waals surface area contributed by atoms with Gasteiger partial charge in [0.1, 0.15) is 39.9 Å². The van der Waals surface area contributed by atoms with Gasteiger partial charge in [-0.25, -0.2) is 24.3 Å². The lowest BCUT2D eigenvalue weighted by Crippen LogP contribution is -2.43. The van der Waals surface area contributed by atoms with E-state index in [2.05, 4.69) is 203 Å². The number of rotatable bonds is 18. The quantitative estimate of drug-likeness (QED) is 0.0468. The van der Waals surface area contributed by atoms with Crippen LogP contribution in [0.5, 0.6) is 0 Å². The zero-order valence-electron chi connectivity index (χ0n) is 77.6. The molecule has 25 heteroatoms. The average molecular weight is 1840 g/mol. The number of halogens is 1. The molecule has 0 bridgehead atoms. The normalized spacial score (nSPS) is 14.4. The summed E-state index contributed by atoms with van der Waals surface area (Å²) in [6, 6.07) is 85.6. The van der Waals surface area contributed by atoms with Crippen molar-refractivity contribution in [2.45, 2.75) is 91.9 Å². The molecular formula is C114H101FN18O6. The predicted molar refractivity (Wildman–Crippen MR) is 541 cm³/mol. The number of nitrogens with one attached hydrogen (secondary N) is 4. The standard InChI is InChI=1S/C29H26N4O2.C29H26N4O.C28H24FN5O2.C28H25N5O/c1-19-6-5-9-21(12-19)27(18-34)33-11-10-32-17-23(14-26(32)29(33)35)25-16-31-28-24(25)13-22(15-30-28)20-7-3-2-4-8-20;1-19-7-6-10-22(13-19)20(2)33-12-11-32-18-24(15-27(32)29(33)34)26-17-31-28-25(26)14-23(16-30-28)21-8-4-3-5-9-21;1-17-11-19(7-8-23(17)29)25(16-35)34-10-9-33-15-21(13-24(33)28(34)36)26-22-12-20(14-30-27(22)32-31-26)18-5-3-2-4-6-18;1-18-7-6-10-21(13-18)19(2)33-12-11-32-17-23(15-25(32)28(33)34)26-24-14-22(16-29-27(24)31-30-26)20-8-4-3-5-9-20/h2-9,12-17,27,34H,10-11,18H2,1H3,(H,30,31);3-10,13-18,20H,11-12H2,1-2H3,(H,30,31);2-8,11-15,25,35H,9-10,16H2,1H3,(H,30,31,32);3-10,13-17,19H,11-12H2,1-2H3,(H,29,30,31)/t27-;20-;25-;19-/m1111/s1. The van der Waals surface area contributed by atoms with E-state index in [1.807, 2.05) is 209 Å². The summed E-state index contributed by atoms with van der Waals surface area (Å²) >= 11 is 0. The van der Waals surface area contributed by atoms with E-state index in [-0.39, 0.29) is 60.8 Å². The fourth-order valence-electron chi connectivity index (χ4n) is 19.9. The first-order chi connectivity index (χ1) is 67.8. The summed E-state index contributed by atoms with van der Waals surface area (Å²) in [7, 11) is 0. The molecule has 4 aliphatic rings. The number of nitrogens with zero attached hydrogens (tertiary/aromatic N) is 14. The molecular weight excluding hydrogens is 1740 g/mol. The molecule has 0 unspecified atom stereocenters. The second-order valence-electron chi connectivity index (χ2n) is 36.2. The van der Waals surface area contributed by atoms with Gasteiger partial charge in [0.2, 0.25) is 0 Å². The maximum Gasteiger partial charge on any atom is 0.271 e. The van der Waals surface area contributed by atoms with E-state index < -0.39 is 6.04 Å². The molecule has 0 saturated carbocycles. The van der Waals surface area contributed by atoms with Crippen molar-refractivity contribution in [3.05, 3.63) is 396 Å². The smallest absolute Gasteiger partial charge is 0.271 e. The lowest BCUT2D eigenvalue weighted by molar-refractivity contribution is 0.0521. The minimum atomic E-state index is -0.547. The van der Waals surface area contributed by atoms with Gasteiger partial charge in [-0.1, -0.05) is 223 Å². The Balaban J connectivity index is 0.000000110. The summed E-state index contributed by atoms with van der Waals surface area (Å²) in [5.41, 5.74) is 29.7. The van der Waals surface area contributed by atoms with Crippen LogP contribution in [-0.2, 0) is 26.2 Å². The average Bonchev–Trinajstić information content (AvgIpc) is 1.62. The van der Waals surface area contributed by atoms with Crippen molar-refractivity contribution in [2.24, 2.45) is 0 Å². The number of aliphatic hydroxyl groups excluding tert-OH is 2. The molecule has 0 saturated heterocycles. The number of aromatic nitrogens is 14. The Morgan fingerprint density at radius 3 is 1.01 bits per heavy atom. The molecule has 4 aliphatic heterocycles. The molecule has 4 atom stereocenters. The zero-order chi connectivity index (χ0) is 95.2. The molecule has 20 aromatic rings. The van der Waals surface area contributed by atoms with Crippen molar-refractivity contribution in [2.75, 3.05) is 39.4 Å². The van der Waals surface area contributed by atoms with E-state index in [4.69, 9.17) is 0 Å². The van der Waals surface area contributed by atoms with Crippen molar-refractivity contribution in [3.63, 3.8) is 0 Å². The fourth-order valence-corrected chi connectivity index (χ4v) is 19.9. The molecule has 16 heterocycles. The first kappa shape index (κ1) is 88.8. The molecule has 6 N–H and O–H groups in total. The Kier molecular flexibility index (Phi) is 24.2. The van der Waals surface area contributed by atoms with Crippen LogP contribution in [0, 0.1) is 33.5 Å². The van der Waals surface area contributed by atoms with Crippen LogP contribution in [-0.4, -0.2) is 161 Å². The van der Waals surface area contributed by atoms with Gasteiger partial charge in [0.25, 0.3) is 23.6 Å². The molecule has 8 aromatic carbocycles. The number of carbonyl (C=O) groups is 4. The van der Waals surface area contributed by atoms with Crippen molar-refractivity contribution < 1.29 is 33.8 Å². The molecule has 139 heavy (non-hydrogen) atoms. The summed E-state index contributed by atoms with van der Waals surface area (Å²) in [4.78, 5) is 86.3. The van der Waals surface area contributed by atoms with Crippen LogP contribution in [0.3, 0.4) is 0 Å². The fraction of sp³-hybridized carbons (Fsp3) is 0.175. The van der Waals surface area contributed by atoms with Crippen molar-refractivity contribution >= 4 is 67.8 Å². The summed E-state index contributed by atoms with van der Waals surface area (Å²) in [5.74, 6) is -0.421. The van der Waals surface area contributed by atoms with Crippen LogP contribution in [0.25, 0.3) is 133 Å². The Hall–Kier alpha value is -16.8. The number of hydrogen-bond acceptors (Lipinski definition) is 12. The monoisotopic (exact) mass is 1840 g/mol. The maximum absolute atomic E-state index is 13.8. The van der Waals surface area contributed by atoms with Gasteiger partial charge in [-0.05, 0) is 146 Å². The SMILES string of the molecule is Cc1cc([C@@H](CO)N2CCn3cc(-c4[nH]nc5ncc(-c6ccccc6)cc45)cc3C2=O)ccc1F.Cc1cccc([C@@H](C)N2CCn3cc(-c4[nH]nc5ncc(-c6ccccc6)cc45)cc3C2=O)c1.Cc1cccc([C@@H](C)N2CCn3cc(-c4c[nH]c5ncc(-c6ccccc6)cc45)cc3C2=O)c1.Cc1cccc([C@@H](CO)N2CCn3cc(-c4c[nH]c5ncc(-c6ccccc6)cc45)cc3C2=O)c1. The summed E-state index contributed by atoms with van der Waals surface area (Å²) in [6.07, 6.45) is 19.5. The minimum absolute atomic E-state index is 0.0186. The maximum atomic E-state index is 13.8. The third-order valence-corrected chi connectivity index (χ3v) is 27.4. The number of amides is 4. The number of benzene rings is 8. The van der Waals surface area contributed by atoms with Gasteiger partial charge >= 0.3 is 0 Å². The molecule has 0 fully saturated rings. The zero-order valence-corrected chi connectivity index (χ0v) is 77.6. The van der Waals surface area contributed by atoms with E-state index in [0.717, 1.165) is 158 Å². The minimum Gasteiger partial charge on any atom is -0.394 e. The highest BCUT2D eigenvalue weighted by atomic mass is 19.1. The van der Waals surface area contributed by atoms with E-state index >= 15 is 0 Å². The first-order valence-corrected chi connectivity index (χ1v) is 46.9. The Morgan fingerprint density at radius 2 is 0.647 bits per heavy atom. The highest BCUT2D eigenvalue weighted by Gasteiger charge is 2.37. The third kappa shape index (κ3) is 17.5. The second kappa shape index (κ2) is 37.8. The van der Waals surface area contributed by atoms with E-state index in [9.17, 15) is 33.8 Å². The Bertz CT molecular complexity index is 7790. The first-order valence-electron chi connectivity index (χ1n) is 46.9. The topological polar surface area (TPSA) is 282 Å². The number of carbonyl (C=O) groups excluding carboxylic acids is 4. The molecule has 4 amide bonds. The molecule has 0 aliphatic carbocycles. The van der Waals surface area contributed by atoms with E-state index in [1.165, 1.54) is 22.8 Å². The molecule has 24 nitrogen and oxygen atoms in total. The van der Waals surface area contributed by atoms with Gasteiger partial charge in [0, 0.05) is 192 Å². The highest BCUT2D eigenvalue weighted by Crippen LogP contribution is 2.42. The summed E-state index contributed by atoms with van der Waals surface area (Å²) in [5, 5.41) is 39.2. The largest absolute Gasteiger partial charge is 0.394 e. The van der Waals surface area contributed by atoms with Gasteiger partial charge in [0.15, 0.2) is 11.3 Å². The van der Waals surface area contributed by atoms with E-state index in [1.54, 1.807) is 35.1 Å². The van der Waals surface area contributed by atoms with Crippen LogP contribution in [0.4, 0.5) is 4.39 Å². The summed E-state index contributed by atoms with van der Waals surface area (Å²) < 4.78 is 21.9. The molecule has 0 radical (unpaired) electrons. The number of hydrogen-bond donors (Lipinski definition) is 6. The van der Waals surface area contributed by atoms with Gasteiger partial charge in [-0.2, -0.15) is 10.2 Å². The molecule has 24 rings (SSSR count). The Morgan fingerprint density at radius 1 is 0.324 bits per heavy atom. The number of aryl methyl sites for hydroxylation is 4. The van der Waals surface area contributed by atoms with Crippen molar-refractivity contribution in [3.8, 4) is 89.3 Å². The van der Waals surface area contributed by atoms with Gasteiger partial charge in [0.05, 0.1) is 48.8 Å². The lowest BCUT2D eigenvalue weighted by atomic mass is 10.0. The highest BCUT2D eigenvalue weighted by molar-refractivity contribution is 6.04. The van der Waals surface area contributed by atoms with Crippen molar-refractivity contribution in [1.82, 2.24) is 88.2 Å². The van der Waals surface area contributed by atoms with Gasteiger partial charge in [-0.15, -0.1) is 0 Å².